The van der Waals surface area contributed by atoms with Crippen LogP contribution in [-0.4, -0.2) is 71.4 Å². The quantitative estimate of drug-likeness (QED) is 0.347. The van der Waals surface area contributed by atoms with Gasteiger partial charge in [-0.3, -0.25) is 9.58 Å². The summed E-state index contributed by atoms with van der Waals surface area (Å²) in [4.78, 5) is 21.5. The molecule has 4 aromatic heterocycles. The highest BCUT2D eigenvalue weighted by molar-refractivity contribution is 5.90. The Morgan fingerprint density at radius 2 is 1.97 bits per heavy atom. The van der Waals surface area contributed by atoms with E-state index in [1.165, 1.54) is 12.1 Å². The van der Waals surface area contributed by atoms with Gasteiger partial charge in [0.2, 0.25) is 11.7 Å². The minimum Gasteiger partial charge on any atom is -0.474 e. The Hall–Kier alpha value is -3.58. The Morgan fingerprint density at radius 1 is 1.15 bits per heavy atom. The third kappa shape index (κ3) is 5.46. The van der Waals surface area contributed by atoms with Gasteiger partial charge < -0.3 is 15.0 Å². The number of halogens is 3. The van der Waals surface area contributed by atoms with Crippen LogP contribution in [0.15, 0.2) is 37.1 Å². The minimum absolute atomic E-state index is 0.0157. The lowest BCUT2D eigenvalue weighted by Gasteiger charge is -2.45. The molecule has 10 nitrogen and oxygen atoms in total. The molecule has 205 valence electrons. The van der Waals surface area contributed by atoms with E-state index in [1.807, 2.05) is 36.3 Å². The van der Waals surface area contributed by atoms with E-state index in [1.54, 1.807) is 6.33 Å². The van der Waals surface area contributed by atoms with Crippen molar-refractivity contribution in [3.05, 3.63) is 54.6 Å². The molecule has 0 amide bonds. The minimum atomic E-state index is -4.62. The Labute approximate surface area is 223 Å². The molecule has 2 N–H and O–H groups in total. The molecule has 39 heavy (non-hydrogen) atoms. The molecule has 6 rings (SSSR count). The van der Waals surface area contributed by atoms with Crippen LogP contribution in [0.2, 0.25) is 0 Å². The van der Waals surface area contributed by atoms with E-state index < -0.39 is 12.0 Å². The van der Waals surface area contributed by atoms with Crippen LogP contribution in [0.25, 0.3) is 22.3 Å². The number of nitrogens with one attached hydrogen (secondary N) is 2. The summed E-state index contributed by atoms with van der Waals surface area (Å²) in [7, 11) is 0. The molecule has 0 spiro atoms. The van der Waals surface area contributed by atoms with Gasteiger partial charge in [-0.05, 0) is 38.3 Å². The number of H-pyrrole nitrogens is 1. The number of rotatable bonds is 8. The molecule has 0 aromatic carbocycles. The van der Waals surface area contributed by atoms with Gasteiger partial charge in [0.1, 0.15) is 18.1 Å². The van der Waals surface area contributed by atoms with Gasteiger partial charge in [-0.2, -0.15) is 23.3 Å². The first-order chi connectivity index (χ1) is 18.9. The van der Waals surface area contributed by atoms with Gasteiger partial charge in [0.25, 0.3) is 0 Å². The number of aromatic amines is 1. The van der Waals surface area contributed by atoms with Gasteiger partial charge in [0.05, 0.1) is 23.6 Å². The zero-order chi connectivity index (χ0) is 27.0. The predicted octanol–water partition coefficient (Wildman–Crippen LogP) is 3.83. The van der Waals surface area contributed by atoms with Crippen molar-refractivity contribution in [1.82, 2.24) is 44.9 Å². The van der Waals surface area contributed by atoms with Crippen LogP contribution in [0.3, 0.4) is 0 Å². The molecular weight excluding hydrogens is 511 g/mol. The second-order valence-corrected chi connectivity index (χ2v) is 9.92. The van der Waals surface area contributed by atoms with Crippen LogP contribution in [-0.2, 0) is 12.7 Å². The summed E-state index contributed by atoms with van der Waals surface area (Å²) in [6.45, 7) is 4.38. The highest BCUT2D eigenvalue weighted by Crippen LogP contribution is 2.37. The van der Waals surface area contributed by atoms with Gasteiger partial charge >= 0.3 is 6.18 Å². The van der Waals surface area contributed by atoms with E-state index in [0.29, 0.717) is 12.6 Å². The van der Waals surface area contributed by atoms with Crippen molar-refractivity contribution in [3.63, 3.8) is 0 Å². The number of alkyl halides is 3. The van der Waals surface area contributed by atoms with Crippen molar-refractivity contribution in [2.45, 2.75) is 57.5 Å². The number of hydrogen-bond acceptors (Lipinski definition) is 8. The lowest BCUT2D eigenvalue weighted by molar-refractivity contribution is -0.145. The van der Waals surface area contributed by atoms with Crippen molar-refractivity contribution in [1.29, 1.82) is 0 Å². The molecule has 0 unspecified atom stereocenters. The maximum absolute atomic E-state index is 13.3. The number of likely N-dealkylation sites (tertiary alicyclic amines) is 1. The summed E-state index contributed by atoms with van der Waals surface area (Å²) < 4.78 is 47.8. The van der Waals surface area contributed by atoms with E-state index in [-0.39, 0.29) is 24.2 Å². The molecule has 1 saturated carbocycles. The number of ether oxygens (including phenoxy) is 1. The van der Waals surface area contributed by atoms with E-state index in [0.717, 1.165) is 61.1 Å². The third-order valence-corrected chi connectivity index (χ3v) is 7.32. The smallest absolute Gasteiger partial charge is 0.451 e. The maximum Gasteiger partial charge on any atom is 0.451 e. The van der Waals surface area contributed by atoms with Crippen molar-refractivity contribution >= 4 is 11.0 Å². The fourth-order valence-electron chi connectivity index (χ4n) is 5.18. The maximum atomic E-state index is 13.3. The van der Waals surface area contributed by atoms with Crippen LogP contribution in [0.5, 0.6) is 5.88 Å². The molecule has 1 aliphatic carbocycles. The van der Waals surface area contributed by atoms with Gasteiger partial charge in [-0.1, -0.05) is 6.92 Å². The molecular formula is C26H29F3N9O. The lowest BCUT2D eigenvalue weighted by Crippen LogP contribution is -2.50. The zero-order valence-electron chi connectivity index (χ0n) is 21.4. The summed E-state index contributed by atoms with van der Waals surface area (Å²) in [5.74, 6) is -1.18. The molecule has 1 aliphatic heterocycles. The van der Waals surface area contributed by atoms with Crippen LogP contribution < -0.4 is 10.1 Å². The second kappa shape index (κ2) is 10.5. The van der Waals surface area contributed by atoms with Gasteiger partial charge in [0.15, 0.2) is 0 Å². The second-order valence-electron chi connectivity index (χ2n) is 9.92. The summed E-state index contributed by atoms with van der Waals surface area (Å²) in [6.07, 6.45) is 5.74. The van der Waals surface area contributed by atoms with Crippen molar-refractivity contribution in [2.75, 3.05) is 19.6 Å². The summed E-state index contributed by atoms with van der Waals surface area (Å²) in [6, 6.07) is 5.13. The van der Waals surface area contributed by atoms with Crippen LogP contribution >= 0.6 is 0 Å². The number of aromatic nitrogens is 7. The summed E-state index contributed by atoms with van der Waals surface area (Å²) in [5, 5.41) is 8.53. The number of nitrogens with zero attached hydrogens (tertiary/aromatic N) is 7. The lowest BCUT2D eigenvalue weighted by atomic mass is 9.84. The standard InChI is InChI=1S/C26H29F3N9O/c1-2-30-13-17-9-22(36-25(35-17)26(27,28)29)39-20-4-7-37(8-5-20)18-10-19(11-18)38-14-16(12-34-38)23-21-3-6-31-24(21)33-15-32-23/h3,6,9,12,14-15,18,20,30H,2,4-5,7-8,10-11,13H2,1H3,(H,31,32,33). The Balaban J connectivity index is 1.02. The largest absolute Gasteiger partial charge is 0.474 e. The monoisotopic (exact) mass is 540 g/mol. The van der Waals surface area contributed by atoms with Gasteiger partial charge in [-0.15, -0.1) is 0 Å². The Bertz CT molecular complexity index is 1420. The molecule has 1 radical (unpaired) electrons. The zero-order valence-corrected chi connectivity index (χ0v) is 21.4. The average molecular weight is 541 g/mol. The molecule has 13 heteroatoms. The van der Waals surface area contributed by atoms with E-state index >= 15 is 0 Å². The molecule has 1 saturated heterocycles. The fourth-order valence-corrected chi connectivity index (χ4v) is 5.18. The normalized spacial score (nSPS) is 18.1. The first-order valence-corrected chi connectivity index (χ1v) is 13.1. The average Bonchev–Trinajstić information content (AvgIpc) is 3.57. The topological polar surface area (TPSA) is 110 Å². The van der Waals surface area contributed by atoms with E-state index in [9.17, 15) is 13.2 Å². The number of fused-ring (bicyclic) bond motifs is 1. The number of piperidine rings is 1. The Morgan fingerprint density at radius 3 is 2.74 bits per heavy atom. The predicted molar refractivity (Wildman–Crippen MR) is 136 cm³/mol. The van der Waals surface area contributed by atoms with E-state index in [4.69, 9.17) is 4.74 Å². The molecule has 2 aliphatic rings. The third-order valence-electron chi connectivity index (χ3n) is 7.32. The first-order valence-electron chi connectivity index (χ1n) is 13.1. The SMILES string of the molecule is CCNCc1cc(OC2CCN(C3C[C](n4cc(-c5ncnc6[nH]ccc56)cn4)C3)CC2)nc(C(F)(F)F)n1. The highest BCUT2D eigenvalue weighted by Gasteiger charge is 2.39. The van der Waals surface area contributed by atoms with Gasteiger partial charge in [0, 0.05) is 55.1 Å². The van der Waals surface area contributed by atoms with Gasteiger partial charge in [-0.25, -0.2) is 15.0 Å². The van der Waals surface area contributed by atoms with E-state index in [2.05, 4.69) is 40.2 Å². The molecule has 5 heterocycles. The van der Waals surface area contributed by atoms with Crippen LogP contribution in [0.1, 0.15) is 44.1 Å². The molecule has 0 atom stereocenters. The molecule has 0 bridgehead atoms. The highest BCUT2D eigenvalue weighted by atomic mass is 19.4. The van der Waals surface area contributed by atoms with Crippen LogP contribution in [0, 0.1) is 6.04 Å². The first kappa shape index (κ1) is 25.7. The number of hydrogen-bond donors (Lipinski definition) is 2. The fraction of sp³-hybridized carbons (Fsp3) is 0.462. The van der Waals surface area contributed by atoms with Crippen molar-refractivity contribution < 1.29 is 17.9 Å². The van der Waals surface area contributed by atoms with Crippen LogP contribution in [0.4, 0.5) is 13.2 Å². The summed E-state index contributed by atoms with van der Waals surface area (Å²) in [5.41, 5.74) is 2.86. The molecule has 4 aromatic rings. The Kier molecular flexibility index (Phi) is 6.94. The van der Waals surface area contributed by atoms with Crippen molar-refractivity contribution in [2.24, 2.45) is 0 Å². The molecule has 2 fully saturated rings. The van der Waals surface area contributed by atoms with Crippen molar-refractivity contribution in [3.8, 4) is 17.1 Å². The summed E-state index contributed by atoms with van der Waals surface area (Å²) >= 11 is 0.